The van der Waals surface area contributed by atoms with Crippen LogP contribution in [0.25, 0.3) is 11.0 Å². The van der Waals surface area contributed by atoms with Crippen molar-refractivity contribution in [3.8, 4) is 0 Å². The van der Waals surface area contributed by atoms with Gasteiger partial charge >= 0.3 is 16.2 Å². The van der Waals surface area contributed by atoms with E-state index in [9.17, 15) is 13.2 Å². The van der Waals surface area contributed by atoms with E-state index in [1.165, 1.54) is 9.87 Å². The van der Waals surface area contributed by atoms with Gasteiger partial charge in [0.05, 0.1) is 29.7 Å². The molecule has 1 atom stereocenters. The second-order valence-electron chi connectivity index (χ2n) is 7.97. The molecule has 4 rings (SSSR count). The van der Waals surface area contributed by atoms with Crippen LogP contribution in [-0.2, 0) is 26.2 Å². The second-order valence-corrected chi connectivity index (χ2v) is 9.60. The predicted molar refractivity (Wildman–Crippen MR) is 123 cm³/mol. The lowest BCUT2D eigenvalue weighted by atomic mass is 10.1. The van der Waals surface area contributed by atoms with Crippen LogP contribution < -0.4 is 4.72 Å². The van der Waals surface area contributed by atoms with Gasteiger partial charge in [0.1, 0.15) is 6.04 Å². The zero-order chi connectivity index (χ0) is 22.4. The van der Waals surface area contributed by atoms with Crippen LogP contribution in [0.3, 0.4) is 0 Å². The van der Waals surface area contributed by atoms with Gasteiger partial charge in [0, 0.05) is 6.54 Å². The lowest BCUT2D eigenvalue weighted by Crippen LogP contribution is -2.50. The maximum Gasteiger partial charge on any atom is 0.324 e. The molecule has 32 heavy (non-hydrogen) atoms. The number of anilines is 1. The summed E-state index contributed by atoms with van der Waals surface area (Å²) in [6, 6.07) is 14.4. The van der Waals surface area contributed by atoms with Crippen LogP contribution in [0.15, 0.2) is 54.9 Å². The van der Waals surface area contributed by atoms with Crippen molar-refractivity contribution in [2.45, 2.75) is 44.6 Å². The Kier molecular flexibility index (Phi) is 7.06. The van der Waals surface area contributed by atoms with Crippen molar-refractivity contribution in [1.82, 2.24) is 14.3 Å². The summed E-state index contributed by atoms with van der Waals surface area (Å²) >= 11 is 0. The third kappa shape index (κ3) is 5.46. The Morgan fingerprint density at radius 1 is 1.16 bits per heavy atom. The number of piperidine rings is 1. The molecule has 0 amide bonds. The molecule has 1 aliphatic rings. The van der Waals surface area contributed by atoms with Gasteiger partial charge in [-0.3, -0.25) is 9.52 Å². The van der Waals surface area contributed by atoms with E-state index in [4.69, 9.17) is 4.74 Å². The average molecular weight is 457 g/mol. The first-order chi connectivity index (χ1) is 15.5. The molecule has 2 heterocycles. The van der Waals surface area contributed by atoms with Crippen LogP contribution in [0, 0.1) is 0 Å². The quantitative estimate of drug-likeness (QED) is 0.378. The molecule has 1 saturated heterocycles. The number of esters is 1. The highest BCUT2D eigenvalue weighted by Crippen LogP contribution is 2.24. The molecule has 1 fully saturated rings. The summed E-state index contributed by atoms with van der Waals surface area (Å²) in [7, 11) is -3.91. The van der Waals surface area contributed by atoms with E-state index in [2.05, 4.69) is 26.8 Å². The molecule has 2 aromatic carbocycles. The summed E-state index contributed by atoms with van der Waals surface area (Å²) in [5.41, 5.74) is 3.15. The van der Waals surface area contributed by atoms with Crippen LogP contribution in [0.2, 0.25) is 0 Å². The van der Waals surface area contributed by atoms with E-state index >= 15 is 0 Å². The summed E-state index contributed by atoms with van der Waals surface area (Å²) in [6.45, 7) is 0.579. The fraction of sp³-hybridized carbons (Fsp3) is 0.391. The van der Waals surface area contributed by atoms with E-state index in [0.717, 1.165) is 36.7 Å². The number of ether oxygens (including phenoxy) is 1. The SMILES string of the molecule is O=C(OCCCCc1ccccc1)[C@@H]1CCCCN1S(=O)(=O)Nc1ccc2nc[nH]c2c1. The molecule has 0 aliphatic carbocycles. The third-order valence-electron chi connectivity index (χ3n) is 5.65. The van der Waals surface area contributed by atoms with Crippen LogP contribution >= 0.6 is 0 Å². The second kappa shape index (κ2) is 10.1. The minimum absolute atomic E-state index is 0.287. The number of carbonyl (C=O) groups excluding carboxylic acids is 1. The van der Waals surface area contributed by atoms with Crippen molar-refractivity contribution >= 4 is 32.9 Å². The zero-order valence-corrected chi connectivity index (χ0v) is 18.7. The molecule has 0 bridgehead atoms. The van der Waals surface area contributed by atoms with Crippen molar-refractivity contribution in [3.05, 3.63) is 60.4 Å². The summed E-state index contributed by atoms with van der Waals surface area (Å²) in [4.78, 5) is 19.8. The maximum absolute atomic E-state index is 13.1. The Morgan fingerprint density at radius 3 is 2.84 bits per heavy atom. The van der Waals surface area contributed by atoms with Crippen molar-refractivity contribution in [2.24, 2.45) is 0 Å². The number of imidazole rings is 1. The molecule has 1 aromatic heterocycles. The van der Waals surface area contributed by atoms with Crippen molar-refractivity contribution < 1.29 is 17.9 Å². The van der Waals surface area contributed by atoms with Crippen molar-refractivity contribution in [1.29, 1.82) is 0 Å². The number of hydrogen-bond donors (Lipinski definition) is 2. The van der Waals surface area contributed by atoms with Gasteiger partial charge in [-0.1, -0.05) is 30.3 Å². The molecule has 8 nitrogen and oxygen atoms in total. The van der Waals surface area contributed by atoms with E-state index < -0.39 is 22.2 Å². The normalized spacial score (nSPS) is 17.3. The Balaban J connectivity index is 1.33. The van der Waals surface area contributed by atoms with Crippen molar-refractivity contribution in [3.63, 3.8) is 0 Å². The third-order valence-corrected chi connectivity index (χ3v) is 7.20. The van der Waals surface area contributed by atoms with Gasteiger partial charge in [-0.25, -0.2) is 4.98 Å². The highest BCUT2D eigenvalue weighted by atomic mass is 32.2. The molecular weight excluding hydrogens is 428 g/mol. The monoisotopic (exact) mass is 456 g/mol. The molecule has 0 unspecified atom stereocenters. The summed E-state index contributed by atoms with van der Waals surface area (Å²) in [5, 5.41) is 0. The standard InChI is InChI=1S/C23H28N4O4S/c28-23(31-15-7-5-10-18-8-2-1-3-9-18)22-11-4-6-14-27(22)32(29,30)26-19-12-13-20-21(16-19)25-17-24-20/h1-3,8-9,12-13,16-17,22,26H,4-7,10-11,14-15H2,(H,24,25)/t22-/m0/s1. The topological polar surface area (TPSA) is 104 Å². The summed E-state index contributed by atoms with van der Waals surface area (Å²) in [5.74, 6) is -0.473. The van der Waals surface area contributed by atoms with Gasteiger partial charge in [-0.2, -0.15) is 12.7 Å². The first-order valence-electron chi connectivity index (χ1n) is 11.0. The highest BCUT2D eigenvalue weighted by Gasteiger charge is 2.37. The molecule has 0 saturated carbocycles. The molecule has 3 aromatic rings. The van der Waals surface area contributed by atoms with Gasteiger partial charge in [-0.15, -0.1) is 0 Å². The minimum Gasteiger partial charge on any atom is -0.464 e. The van der Waals surface area contributed by atoms with Crippen LogP contribution in [0.1, 0.15) is 37.7 Å². The number of H-pyrrole nitrogens is 1. The minimum atomic E-state index is -3.91. The average Bonchev–Trinajstić information content (AvgIpc) is 3.27. The number of carbonyl (C=O) groups is 1. The molecule has 170 valence electrons. The predicted octanol–water partition coefficient (Wildman–Crippen LogP) is 3.64. The fourth-order valence-electron chi connectivity index (χ4n) is 3.98. The molecule has 0 spiro atoms. The number of aryl methyl sites for hydroxylation is 1. The number of nitrogens with zero attached hydrogens (tertiary/aromatic N) is 2. The number of rotatable bonds is 9. The summed E-state index contributed by atoms with van der Waals surface area (Å²) in [6.07, 6.45) is 6.08. The van der Waals surface area contributed by atoms with E-state index in [-0.39, 0.29) is 6.54 Å². The molecule has 9 heteroatoms. The maximum atomic E-state index is 13.1. The Bertz CT molecular complexity index is 1150. The van der Waals surface area contributed by atoms with Gasteiger partial charge in [-0.05, 0) is 62.3 Å². The largest absolute Gasteiger partial charge is 0.464 e. The number of fused-ring (bicyclic) bond motifs is 1. The zero-order valence-electron chi connectivity index (χ0n) is 17.9. The van der Waals surface area contributed by atoms with Crippen molar-refractivity contribution in [2.75, 3.05) is 17.9 Å². The van der Waals surface area contributed by atoms with Crippen LogP contribution in [-0.4, -0.2) is 47.9 Å². The summed E-state index contributed by atoms with van der Waals surface area (Å²) < 4.78 is 35.4. The highest BCUT2D eigenvalue weighted by molar-refractivity contribution is 7.90. The van der Waals surface area contributed by atoms with Gasteiger partial charge in [0.15, 0.2) is 0 Å². The molecule has 1 aliphatic heterocycles. The van der Waals surface area contributed by atoms with Gasteiger partial charge in [0.25, 0.3) is 0 Å². The Labute approximate surface area is 188 Å². The first kappa shape index (κ1) is 22.3. The smallest absolute Gasteiger partial charge is 0.324 e. The molecule has 2 N–H and O–H groups in total. The number of aromatic amines is 1. The lowest BCUT2D eigenvalue weighted by molar-refractivity contribution is -0.149. The van der Waals surface area contributed by atoms with Crippen LogP contribution in [0.4, 0.5) is 5.69 Å². The number of benzene rings is 2. The van der Waals surface area contributed by atoms with Gasteiger partial charge < -0.3 is 9.72 Å². The fourth-order valence-corrected chi connectivity index (χ4v) is 5.42. The van der Waals surface area contributed by atoms with E-state index in [1.54, 1.807) is 24.5 Å². The number of nitrogens with one attached hydrogen (secondary N) is 2. The molecular formula is C23H28N4O4S. The van der Waals surface area contributed by atoms with E-state index in [1.807, 2.05) is 18.2 Å². The Morgan fingerprint density at radius 2 is 2.00 bits per heavy atom. The number of unbranched alkanes of at least 4 members (excludes halogenated alkanes) is 1. The number of aromatic nitrogens is 2. The van der Waals surface area contributed by atoms with Gasteiger partial charge in [0.2, 0.25) is 0 Å². The Hall–Kier alpha value is -2.91. The first-order valence-corrected chi connectivity index (χ1v) is 12.4. The van der Waals surface area contributed by atoms with E-state index in [0.29, 0.717) is 25.1 Å². The van der Waals surface area contributed by atoms with Crippen LogP contribution in [0.5, 0.6) is 0 Å². The lowest BCUT2D eigenvalue weighted by Gasteiger charge is -2.33. The number of hydrogen-bond acceptors (Lipinski definition) is 5. The molecule has 0 radical (unpaired) electrons.